The Bertz CT molecular complexity index is 257. The molecule has 0 saturated heterocycles. The normalized spacial score (nSPS) is 9.45. The van der Waals surface area contributed by atoms with Crippen molar-refractivity contribution in [3.63, 3.8) is 0 Å². The first-order valence-electron chi connectivity index (χ1n) is 3.51. The van der Waals surface area contributed by atoms with Crippen molar-refractivity contribution in [1.82, 2.24) is 5.32 Å². The van der Waals surface area contributed by atoms with Gasteiger partial charge in [-0.1, -0.05) is 5.92 Å². The predicted molar refractivity (Wildman–Crippen MR) is 44.0 cm³/mol. The molecule has 0 aliphatic carbocycles. The minimum absolute atomic E-state index is 0.583. The van der Waals surface area contributed by atoms with Crippen molar-refractivity contribution < 1.29 is 4.42 Å². The van der Waals surface area contributed by atoms with Gasteiger partial charge in [-0.2, -0.15) is 0 Å². The van der Waals surface area contributed by atoms with Gasteiger partial charge in [0.05, 0.1) is 19.4 Å². The maximum absolute atomic E-state index is 5.18. The van der Waals surface area contributed by atoms with Gasteiger partial charge in [0.15, 0.2) is 0 Å². The smallest absolute Gasteiger partial charge is 0.120 e. The Morgan fingerprint density at radius 1 is 1.73 bits per heavy atom. The lowest BCUT2D eigenvalue weighted by atomic mass is 10.3. The Labute approximate surface area is 66.6 Å². The Kier molecular flexibility index (Phi) is 2.76. The van der Waals surface area contributed by atoms with Gasteiger partial charge in [0.25, 0.3) is 0 Å². The zero-order valence-corrected chi connectivity index (χ0v) is 6.55. The second-order valence-corrected chi connectivity index (χ2v) is 2.33. The topological polar surface area (TPSA) is 25.2 Å². The van der Waals surface area contributed by atoms with Crippen LogP contribution >= 0.6 is 0 Å². The van der Waals surface area contributed by atoms with E-state index in [1.165, 1.54) is 0 Å². The number of hydrogen-bond acceptors (Lipinski definition) is 2. The standard InChI is InChI=1S/C9H11NO/c1-3-5-10-7-9-8(2)4-6-11-9/h1,4,6,10H,5,7H2,2H3. The summed E-state index contributed by atoms with van der Waals surface area (Å²) in [6, 6.07) is 1.94. The summed E-state index contributed by atoms with van der Waals surface area (Å²) in [6.07, 6.45) is 6.75. The van der Waals surface area contributed by atoms with E-state index in [4.69, 9.17) is 10.8 Å². The van der Waals surface area contributed by atoms with Gasteiger partial charge in [-0.05, 0) is 18.6 Å². The Morgan fingerprint density at radius 2 is 2.55 bits per heavy atom. The molecule has 1 aromatic rings. The van der Waals surface area contributed by atoms with Crippen molar-refractivity contribution in [3.05, 3.63) is 23.7 Å². The van der Waals surface area contributed by atoms with Crippen LogP contribution in [0.2, 0.25) is 0 Å². The fourth-order valence-corrected chi connectivity index (χ4v) is 0.833. The lowest BCUT2D eigenvalue weighted by Crippen LogP contribution is -2.12. The summed E-state index contributed by atoms with van der Waals surface area (Å²) in [4.78, 5) is 0. The molecule has 0 unspecified atom stereocenters. The summed E-state index contributed by atoms with van der Waals surface area (Å²) in [5.74, 6) is 3.46. The molecule has 2 heteroatoms. The van der Waals surface area contributed by atoms with Crippen LogP contribution in [0, 0.1) is 19.3 Å². The summed E-state index contributed by atoms with van der Waals surface area (Å²) < 4.78 is 5.18. The van der Waals surface area contributed by atoms with Crippen molar-refractivity contribution in [2.45, 2.75) is 13.5 Å². The third kappa shape index (κ3) is 2.14. The largest absolute Gasteiger partial charge is 0.468 e. The van der Waals surface area contributed by atoms with Gasteiger partial charge >= 0.3 is 0 Å². The van der Waals surface area contributed by atoms with Gasteiger partial charge in [0.1, 0.15) is 5.76 Å². The minimum Gasteiger partial charge on any atom is -0.468 e. The van der Waals surface area contributed by atoms with Gasteiger partial charge in [-0.15, -0.1) is 6.42 Å². The van der Waals surface area contributed by atoms with Gasteiger partial charge in [-0.25, -0.2) is 0 Å². The highest BCUT2D eigenvalue weighted by atomic mass is 16.3. The Morgan fingerprint density at radius 3 is 3.09 bits per heavy atom. The van der Waals surface area contributed by atoms with Crippen molar-refractivity contribution in [1.29, 1.82) is 0 Å². The number of rotatable bonds is 3. The second kappa shape index (κ2) is 3.85. The minimum atomic E-state index is 0.583. The van der Waals surface area contributed by atoms with Crippen LogP contribution in [0.3, 0.4) is 0 Å². The number of furan rings is 1. The Hall–Kier alpha value is -1.20. The van der Waals surface area contributed by atoms with E-state index in [1.54, 1.807) is 6.26 Å². The second-order valence-electron chi connectivity index (χ2n) is 2.33. The molecule has 0 amide bonds. The fraction of sp³-hybridized carbons (Fsp3) is 0.333. The monoisotopic (exact) mass is 149 g/mol. The molecule has 0 atom stereocenters. The molecule has 0 fully saturated rings. The van der Waals surface area contributed by atoms with E-state index in [-0.39, 0.29) is 0 Å². The van der Waals surface area contributed by atoms with Crippen LogP contribution in [0.1, 0.15) is 11.3 Å². The highest BCUT2D eigenvalue weighted by Crippen LogP contribution is 2.07. The average Bonchev–Trinajstić information content (AvgIpc) is 2.37. The highest BCUT2D eigenvalue weighted by Gasteiger charge is 1.98. The zero-order valence-electron chi connectivity index (χ0n) is 6.55. The van der Waals surface area contributed by atoms with E-state index >= 15 is 0 Å². The van der Waals surface area contributed by atoms with Crippen LogP contribution in [0.15, 0.2) is 16.7 Å². The molecule has 58 valence electrons. The van der Waals surface area contributed by atoms with Gasteiger partial charge in [0, 0.05) is 0 Å². The average molecular weight is 149 g/mol. The van der Waals surface area contributed by atoms with Crippen LogP contribution in [-0.2, 0) is 6.54 Å². The maximum atomic E-state index is 5.18. The number of nitrogens with one attached hydrogen (secondary N) is 1. The van der Waals surface area contributed by atoms with E-state index < -0.39 is 0 Å². The zero-order chi connectivity index (χ0) is 8.10. The molecule has 0 bridgehead atoms. The van der Waals surface area contributed by atoms with Crippen molar-refractivity contribution in [3.8, 4) is 12.3 Å². The van der Waals surface area contributed by atoms with Crippen LogP contribution in [0.5, 0.6) is 0 Å². The summed E-state index contributed by atoms with van der Waals surface area (Å²) in [7, 11) is 0. The summed E-state index contributed by atoms with van der Waals surface area (Å²) in [6.45, 7) is 3.31. The van der Waals surface area contributed by atoms with E-state index in [1.807, 2.05) is 13.0 Å². The Balaban J connectivity index is 2.40. The quantitative estimate of drug-likeness (QED) is 0.518. The molecule has 2 nitrogen and oxygen atoms in total. The van der Waals surface area contributed by atoms with Crippen molar-refractivity contribution in [2.24, 2.45) is 0 Å². The van der Waals surface area contributed by atoms with E-state index in [9.17, 15) is 0 Å². The maximum Gasteiger partial charge on any atom is 0.120 e. The molecular weight excluding hydrogens is 138 g/mol. The molecule has 0 spiro atoms. The molecule has 1 aromatic heterocycles. The van der Waals surface area contributed by atoms with Crippen LogP contribution < -0.4 is 5.32 Å². The third-order valence-corrected chi connectivity index (χ3v) is 1.48. The lowest BCUT2D eigenvalue weighted by molar-refractivity contribution is 0.488. The molecule has 1 N–H and O–H groups in total. The van der Waals surface area contributed by atoms with E-state index in [2.05, 4.69) is 11.2 Å². The van der Waals surface area contributed by atoms with Crippen molar-refractivity contribution in [2.75, 3.05) is 6.54 Å². The van der Waals surface area contributed by atoms with Crippen LogP contribution in [0.4, 0.5) is 0 Å². The highest BCUT2D eigenvalue weighted by molar-refractivity contribution is 5.14. The molecule has 1 heterocycles. The van der Waals surface area contributed by atoms with Crippen LogP contribution in [0.25, 0.3) is 0 Å². The third-order valence-electron chi connectivity index (χ3n) is 1.48. The van der Waals surface area contributed by atoms with Gasteiger partial charge in [-0.3, -0.25) is 5.32 Å². The van der Waals surface area contributed by atoms with E-state index in [0.29, 0.717) is 13.1 Å². The SMILES string of the molecule is C#CCNCc1occc1C. The first-order valence-corrected chi connectivity index (χ1v) is 3.51. The first kappa shape index (κ1) is 7.90. The predicted octanol–water partition coefficient (Wildman–Crippen LogP) is 1.31. The number of terminal acetylenes is 1. The van der Waals surface area contributed by atoms with E-state index in [0.717, 1.165) is 11.3 Å². The molecule has 11 heavy (non-hydrogen) atoms. The fourth-order valence-electron chi connectivity index (χ4n) is 0.833. The number of hydrogen-bond donors (Lipinski definition) is 1. The number of aryl methyl sites for hydroxylation is 1. The summed E-state index contributed by atoms with van der Waals surface area (Å²) >= 11 is 0. The first-order chi connectivity index (χ1) is 5.34. The molecule has 0 aromatic carbocycles. The molecule has 0 saturated carbocycles. The molecular formula is C9H11NO. The van der Waals surface area contributed by atoms with Gasteiger partial charge < -0.3 is 4.42 Å². The van der Waals surface area contributed by atoms with Gasteiger partial charge in [0.2, 0.25) is 0 Å². The summed E-state index contributed by atoms with van der Waals surface area (Å²) in [5, 5.41) is 3.05. The molecule has 0 radical (unpaired) electrons. The molecule has 0 aliphatic heterocycles. The molecule has 1 rings (SSSR count). The summed E-state index contributed by atoms with van der Waals surface area (Å²) in [5.41, 5.74) is 1.16. The molecule has 0 aliphatic rings. The van der Waals surface area contributed by atoms with Crippen LogP contribution in [-0.4, -0.2) is 6.54 Å². The van der Waals surface area contributed by atoms with Crippen molar-refractivity contribution >= 4 is 0 Å². The lowest BCUT2D eigenvalue weighted by Gasteiger charge is -1.97.